The summed E-state index contributed by atoms with van der Waals surface area (Å²) < 4.78 is 101. The predicted octanol–water partition coefficient (Wildman–Crippen LogP) is 6.13. The third-order valence-corrected chi connectivity index (χ3v) is 5.34. The molecule has 0 aliphatic heterocycles. The molecule has 0 fully saturated rings. The minimum absolute atomic E-state index is 0.00621. The molecule has 3 aromatic rings. The van der Waals surface area contributed by atoms with Crippen molar-refractivity contribution in [3.05, 3.63) is 89.5 Å². The Labute approximate surface area is 217 Å². The lowest BCUT2D eigenvalue weighted by Crippen LogP contribution is -2.40. The molecule has 0 aliphatic rings. The summed E-state index contributed by atoms with van der Waals surface area (Å²) in [6.45, 7) is -1.28. The van der Waals surface area contributed by atoms with Gasteiger partial charge in [0.15, 0.2) is 6.10 Å². The monoisotopic (exact) mass is 561 g/mol. The van der Waals surface area contributed by atoms with E-state index in [0.29, 0.717) is 5.56 Å². The van der Waals surface area contributed by atoms with Gasteiger partial charge < -0.3 is 24.6 Å². The smallest absolute Gasteiger partial charge is 0.461 e. The molecule has 13 heteroatoms. The zero-order chi connectivity index (χ0) is 28.8. The number of aliphatic hydroxyl groups is 1. The lowest BCUT2D eigenvalue weighted by atomic mass is 10.1. The van der Waals surface area contributed by atoms with Crippen molar-refractivity contribution < 1.29 is 55.2 Å². The minimum Gasteiger partial charge on any atom is -0.489 e. The molecule has 0 radical (unpaired) electrons. The summed E-state index contributed by atoms with van der Waals surface area (Å²) in [5, 5.41) is 18.7. The van der Waals surface area contributed by atoms with Crippen molar-refractivity contribution in [1.29, 1.82) is 0 Å². The second-order valence-electron chi connectivity index (χ2n) is 8.34. The summed E-state index contributed by atoms with van der Waals surface area (Å²) in [5.41, 5.74) is 0.997. The number of rotatable bonds is 12. The van der Waals surface area contributed by atoms with Gasteiger partial charge in [-0.1, -0.05) is 30.3 Å². The molecule has 0 aromatic heterocycles. The molecule has 1 unspecified atom stereocenters. The molecular formula is C26H22F7NO5. The number of aromatic carboxylic acids is 1. The number of anilines is 1. The average molecular weight is 561 g/mol. The van der Waals surface area contributed by atoms with Crippen LogP contribution < -0.4 is 14.4 Å². The normalized spacial score (nSPS) is 12.7. The fraction of sp³-hybridized carbons (Fsp3) is 0.269. The second-order valence-corrected chi connectivity index (χ2v) is 8.34. The van der Waals surface area contributed by atoms with Gasteiger partial charge in [-0.2, -0.15) is 30.7 Å². The van der Waals surface area contributed by atoms with Crippen LogP contribution in [0.15, 0.2) is 72.8 Å². The molecular weight excluding hydrogens is 539 g/mol. The molecule has 3 aromatic carbocycles. The van der Waals surface area contributed by atoms with Crippen LogP contribution in [0.3, 0.4) is 0 Å². The topological polar surface area (TPSA) is 79.2 Å². The van der Waals surface area contributed by atoms with Gasteiger partial charge in [-0.05, 0) is 47.5 Å². The molecule has 0 amide bonds. The Morgan fingerprint density at radius 3 is 2.13 bits per heavy atom. The van der Waals surface area contributed by atoms with Crippen LogP contribution in [0.25, 0.3) is 0 Å². The first-order valence-electron chi connectivity index (χ1n) is 11.2. The zero-order valence-electron chi connectivity index (χ0n) is 19.9. The Balaban J connectivity index is 1.81. The zero-order valence-corrected chi connectivity index (χ0v) is 19.9. The first-order valence-corrected chi connectivity index (χ1v) is 11.2. The molecule has 6 nitrogen and oxygen atoms in total. The molecule has 0 heterocycles. The van der Waals surface area contributed by atoms with Crippen molar-refractivity contribution >= 4 is 11.7 Å². The van der Waals surface area contributed by atoms with Crippen molar-refractivity contribution in [1.82, 2.24) is 0 Å². The van der Waals surface area contributed by atoms with Crippen LogP contribution in [0.5, 0.6) is 11.5 Å². The Hall–Kier alpha value is -4.00. The highest BCUT2D eigenvalue weighted by Gasteiger charge is 2.44. The van der Waals surface area contributed by atoms with Crippen LogP contribution in [0.4, 0.5) is 36.4 Å². The minimum atomic E-state index is -4.96. The third-order valence-electron chi connectivity index (χ3n) is 5.34. The number of alkyl halides is 7. The number of halogens is 7. The van der Waals surface area contributed by atoms with Crippen LogP contribution in [-0.2, 0) is 13.2 Å². The van der Waals surface area contributed by atoms with Gasteiger partial charge in [0, 0.05) is 18.3 Å². The second kappa shape index (κ2) is 12.2. The van der Waals surface area contributed by atoms with Gasteiger partial charge in [0.2, 0.25) is 0 Å². The molecule has 0 bridgehead atoms. The van der Waals surface area contributed by atoms with E-state index in [1.54, 1.807) is 0 Å². The van der Waals surface area contributed by atoms with E-state index in [9.17, 15) is 40.6 Å². The van der Waals surface area contributed by atoms with Crippen LogP contribution >= 0.6 is 0 Å². The number of hydrogen-bond acceptors (Lipinski definition) is 5. The summed E-state index contributed by atoms with van der Waals surface area (Å²) in [5.74, 6) is -1.49. The van der Waals surface area contributed by atoms with Crippen molar-refractivity contribution in [3.8, 4) is 11.5 Å². The van der Waals surface area contributed by atoms with Gasteiger partial charge in [-0.3, -0.25) is 0 Å². The van der Waals surface area contributed by atoms with E-state index < -0.39 is 43.1 Å². The van der Waals surface area contributed by atoms with E-state index >= 15 is 0 Å². The molecule has 210 valence electrons. The molecule has 3 rings (SSSR count). The molecule has 0 aliphatic carbocycles. The van der Waals surface area contributed by atoms with Gasteiger partial charge in [0.25, 0.3) is 0 Å². The molecule has 0 saturated heterocycles. The van der Waals surface area contributed by atoms with Crippen LogP contribution in [0, 0.1) is 0 Å². The van der Waals surface area contributed by atoms with Crippen molar-refractivity contribution in [2.75, 3.05) is 11.4 Å². The summed E-state index contributed by atoms with van der Waals surface area (Å²) in [7, 11) is 0. The van der Waals surface area contributed by atoms with E-state index in [1.807, 2.05) is 0 Å². The first kappa shape index (κ1) is 29.6. The Bertz CT molecular complexity index is 1250. The number of aliphatic hydroxyl groups excluding tert-OH is 1. The summed E-state index contributed by atoms with van der Waals surface area (Å²) in [6, 6.07) is 16.2. The van der Waals surface area contributed by atoms with Gasteiger partial charge in [-0.15, -0.1) is 0 Å². The fourth-order valence-corrected chi connectivity index (χ4v) is 3.38. The number of ether oxygens (including phenoxy) is 2. The predicted molar refractivity (Wildman–Crippen MR) is 125 cm³/mol. The first-order chi connectivity index (χ1) is 18.2. The van der Waals surface area contributed by atoms with E-state index in [0.717, 1.165) is 17.0 Å². The number of benzene rings is 3. The molecule has 1 atom stereocenters. The number of carbonyl (C=O) groups is 1. The van der Waals surface area contributed by atoms with E-state index in [2.05, 4.69) is 4.74 Å². The number of carboxylic acids is 1. The summed E-state index contributed by atoms with van der Waals surface area (Å²) in [6.07, 6.45) is -16.6. The van der Waals surface area contributed by atoms with Gasteiger partial charge in [0.1, 0.15) is 18.1 Å². The van der Waals surface area contributed by atoms with E-state index in [-0.39, 0.29) is 35.7 Å². The van der Waals surface area contributed by atoms with Crippen LogP contribution in [0.2, 0.25) is 0 Å². The van der Waals surface area contributed by atoms with Gasteiger partial charge in [-0.25, -0.2) is 4.79 Å². The molecule has 2 N–H and O–H groups in total. The largest absolute Gasteiger partial charge is 0.489 e. The van der Waals surface area contributed by atoms with Crippen molar-refractivity contribution in [3.63, 3.8) is 0 Å². The maximum absolute atomic E-state index is 13.3. The SMILES string of the molecule is O=C(O)c1ccc(COc2cccc(N(Cc3cccc(OC(F)(F)C(F)F)c3)CC(O)C(F)(F)F)c2)cc1. The summed E-state index contributed by atoms with van der Waals surface area (Å²) in [4.78, 5) is 12.1. The van der Waals surface area contributed by atoms with E-state index in [1.165, 1.54) is 60.7 Å². The quantitative estimate of drug-likeness (QED) is 0.259. The molecule has 39 heavy (non-hydrogen) atoms. The Kier molecular flexibility index (Phi) is 9.28. The summed E-state index contributed by atoms with van der Waals surface area (Å²) >= 11 is 0. The van der Waals surface area contributed by atoms with Crippen molar-refractivity contribution in [2.24, 2.45) is 0 Å². The van der Waals surface area contributed by atoms with Crippen LogP contribution in [0.1, 0.15) is 21.5 Å². The highest BCUT2D eigenvalue weighted by atomic mass is 19.4. The number of carboxylic acid groups (broad SMARTS) is 1. The van der Waals surface area contributed by atoms with Crippen molar-refractivity contribution in [2.45, 2.75) is 38.0 Å². The Morgan fingerprint density at radius 2 is 1.51 bits per heavy atom. The lowest BCUT2D eigenvalue weighted by molar-refractivity contribution is -0.253. The maximum atomic E-state index is 13.3. The molecule has 0 saturated carbocycles. The third kappa shape index (κ3) is 8.50. The average Bonchev–Trinajstić information content (AvgIpc) is 2.86. The van der Waals surface area contributed by atoms with Gasteiger partial charge >= 0.3 is 24.7 Å². The number of nitrogens with zero attached hydrogens (tertiary/aromatic N) is 1. The Morgan fingerprint density at radius 1 is 0.872 bits per heavy atom. The number of hydrogen-bond donors (Lipinski definition) is 2. The maximum Gasteiger partial charge on any atom is 0.461 e. The fourth-order valence-electron chi connectivity index (χ4n) is 3.38. The van der Waals surface area contributed by atoms with E-state index in [4.69, 9.17) is 9.84 Å². The van der Waals surface area contributed by atoms with Crippen LogP contribution in [-0.4, -0.2) is 47.5 Å². The highest BCUT2D eigenvalue weighted by molar-refractivity contribution is 5.87. The lowest BCUT2D eigenvalue weighted by Gasteiger charge is -2.29. The standard InChI is InChI=1S/C26H22F7NO5/c27-24(28)26(32,33)39-21-6-1-3-17(11-21)13-34(14-22(35)25(29,30)31)19-4-2-5-20(12-19)38-15-16-7-9-18(10-8-16)23(36)37/h1-12,22,24,35H,13-15H2,(H,36,37). The molecule has 0 spiro atoms. The van der Waals surface area contributed by atoms with Gasteiger partial charge in [0.05, 0.1) is 12.1 Å². The highest BCUT2D eigenvalue weighted by Crippen LogP contribution is 2.30.